The van der Waals surface area contributed by atoms with Crippen molar-refractivity contribution in [3.05, 3.63) is 28.9 Å². The third-order valence-corrected chi connectivity index (χ3v) is 3.39. The molecule has 3 rings (SSSR count). The van der Waals surface area contributed by atoms with E-state index in [-0.39, 0.29) is 0 Å². The van der Waals surface area contributed by atoms with Crippen LogP contribution in [0.3, 0.4) is 0 Å². The summed E-state index contributed by atoms with van der Waals surface area (Å²) in [7, 11) is 0. The Hall–Kier alpha value is -0.940. The molecule has 1 atom stereocenters. The van der Waals surface area contributed by atoms with E-state index in [2.05, 4.69) is 31.2 Å². The van der Waals surface area contributed by atoms with Gasteiger partial charge in [0.05, 0.1) is 16.4 Å². The molecule has 0 aliphatic carbocycles. The van der Waals surface area contributed by atoms with Crippen LogP contribution in [0.25, 0.3) is 5.65 Å². The van der Waals surface area contributed by atoms with Gasteiger partial charge in [-0.25, -0.2) is 9.97 Å². The molecule has 2 aromatic heterocycles. The SMILES string of the molecule is Brc1cncn2c(C3CCCN3)cnc12. The van der Waals surface area contributed by atoms with Crippen LogP contribution in [0.2, 0.25) is 0 Å². The van der Waals surface area contributed by atoms with E-state index in [0.717, 1.165) is 16.7 Å². The van der Waals surface area contributed by atoms with E-state index in [1.165, 1.54) is 18.5 Å². The lowest BCUT2D eigenvalue weighted by atomic mass is 10.2. The summed E-state index contributed by atoms with van der Waals surface area (Å²) in [6.07, 6.45) is 7.95. The standard InChI is InChI=1S/C10H11BrN4/c11-7-4-12-6-15-9(5-14-10(7)15)8-2-1-3-13-8/h4-6,8,13H,1-3H2. The molecule has 0 saturated carbocycles. The lowest BCUT2D eigenvalue weighted by molar-refractivity contribution is 0.620. The topological polar surface area (TPSA) is 42.2 Å². The summed E-state index contributed by atoms with van der Waals surface area (Å²) in [5.41, 5.74) is 2.14. The first-order valence-electron chi connectivity index (χ1n) is 5.06. The van der Waals surface area contributed by atoms with Crippen LogP contribution in [-0.4, -0.2) is 20.9 Å². The Morgan fingerprint density at radius 2 is 2.40 bits per heavy atom. The van der Waals surface area contributed by atoms with Crippen LogP contribution in [-0.2, 0) is 0 Å². The third kappa shape index (κ3) is 1.46. The molecule has 1 saturated heterocycles. The van der Waals surface area contributed by atoms with Crippen molar-refractivity contribution in [3.8, 4) is 0 Å². The number of hydrogen-bond donors (Lipinski definition) is 1. The fraction of sp³-hybridized carbons (Fsp3) is 0.400. The summed E-state index contributed by atoms with van der Waals surface area (Å²) in [5.74, 6) is 0. The Labute approximate surface area is 95.9 Å². The lowest BCUT2D eigenvalue weighted by Crippen LogP contribution is -2.14. The zero-order chi connectivity index (χ0) is 10.3. The number of fused-ring (bicyclic) bond motifs is 1. The molecule has 5 heteroatoms. The highest BCUT2D eigenvalue weighted by Gasteiger charge is 2.20. The Morgan fingerprint density at radius 3 is 3.20 bits per heavy atom. The lowest BCUT2D eigenvalue weighted by Gasteiger charge is -2.09. The minimum Gasteiger partial charge on any atom is -0.309 e. The van der Waals surface area contributed by atoms with E-state index in [1.807, 2.05) is 16.9 Å². The molecule has 1 N–H and O–H groups in total. The molecular weight excluding hydrogens is 256 g/mol. The molecule has 15 heavy (non-hydrogen) atoms. The van der Waals surface area contributed by atoms with Gasteiger partial charge < -0.3 is 5.32 Å². The maximum atomic E-state index is 4.40. The smallest absolute Gasteiger partial charge is 0.154 e. The summed E-state index contributed by atoms with van der Waals surface area (Å²) in [5, 5.41) is 3.47. The molecule has 1 aliphatic rings. The minimum atomic E-state index is 0.427. The largest absolute Gasteiger partial charge is 0.309 e. The van der Waals surface area contributed by atoms with Gasteiger partial charge in [0.25, 0.3) is 0 Å². The second-order valence-corrected chi connectivity index (χ2v) is 4.62. The molecule has 1 aliphatic heterocycles. The number of nitrogens with zero attached hydrogens (tertiary/aromatic N) is 3. The molecule has 2 aromatic rings. The van der Waals surface area contributed by atoms with E-state index in [9.17, 15) is 0 Å². The first-order valence-corrected chi connectivity index (χ1v) is 5.85. The zero-order valence-electron chi connectivity index (χ0n) is 8.15. The summed E-state index contributed by atoms with van der Waals surface area (Å²) in [4.78, 5) is 8.56. The van der Waals surface area contributed by atoms with Gasteiger partial charge in [-0.2, -0.15) is 0 Å². The van der Waals surface area contributed by atoms with Crippen molar-refractivity contribution < 1.29 is 0 Å². The van der Waals surface area contributed by atoms with Crippen molar-refractivity contribution >= 4 is 21.6 Å². The van der Waals surface area contributed by atoms with Gasteiger partial charge in [0.1, 0.15) is 6.33 Å². The number of rotatable bonds is 1. The highest BCUT2D eigenvalue weighted by molar-refractivity contribution is 9.10. The second-order valence-electron chi connectivity index (χ2n) is 3.77. The quantitative estimate of drug-likeness (QED) is 0.858. The van der Waals surface area contributed by atoms with E-state index in [0.29, 0.717) is 6.04 Å². The molecule has 1 unspecified atom stereocenters. The number of halogens is 1. The van der Waals surface area contributed by atoms with Gasteiger partial charge in [0, 0.05) is 12.2 Å². The number of hydrogen-bond acceptors (Lipinski definition) is 3. The predicted octanol–water partition coefficient (Wildman–Crippen LogP) is 1.92. The zero-order valence-corrected chi connectivity index (χ0v) is 9.74. The molecule has 0 spiro atoms. The van der Waals surface area contributed by atoms with Crippen LogP contribution in [0.5, 0.6) is 0 Å². The normalized spacial score (nSPS) is 21.3. The van der Waals surface area contributed by atoms with Crippen molar-refractivity contribution in [2.24, 2.45) is 0 Å². The van der Waals surface area contributed by atoms with Gasteiger partial charge in [-0.3, -0.25) is 4.40 Å². The maximum absolute atomic E-state index is 4.40. The Balaban J connectivity index is 2.15. The molecule has 1 fully saturated rings. The van der Waals surface area contributed by atoms with Crippen LogP contribution >= 0.6 is 15.9 Å². The van der Waals surface area contributed by atoms with Gasteiger partial charge in [-0.15, -0.1) is 0 Å². The summed E-state index contributed by atoms with van der Waals surface area (Å²) < 4.78 is 2.99. The highest BCUT2D eigenvalue weighted by Crippen LogP contribution is 2.25. The summed E-state index contributed by atoms with van der Waals surface area (Å²) in [6, 6.07) is 0.427. The Bertz CT molecular complexity index is 487. The van der Waals surface area contributed by atoms with Gasteiger partial charge in [0.15, 0.2) is 5.65 Å². The van der Waals surface area contributed by atoms with Crippen molar-refractivity contribution in [1.29, 1.82) is 0 Å². The fourth-order valence-corrected chi connectivity index (χ4v) is 2.50. The van der Waals surface area contributed by atoms with Gasteiger partial charge in [0.2, 0.25) is 0 Å². The van der Waals surface area contributed by atoms with E-state index in [4.69, 9.17) is 0 Å². The van der Waals surface area contributed by atoms with Crippen LogP contribution in [0.15, 0.2) is 23.2 Å². The van der Waals surface area contributed by atoms with E-state index in [1.54, 1.807) is 6.20 Å². The summed E-state index contributed by atoms with van der Waals surface area (Å²) >= 11 is 3.45. The summed E-state index contributed by atoms with van der Waals surface area (Å²) in [6.45, 7) is 1.10. The van der Waals surface area contributed by atoms with Crippen molar-refractivity contribution in [2.45, 2.75) is 18.9 Å². The van der Waals surface area contributed by atoms with E-state index >= 15 is 0 Å². The molecule has 0 bridgehead atoms. The van der Waals surface area contributed by atoms with Gasteiger partial charge in [-0.1, -0.05) is 0 Å². The Morgan fingerprint density at radius 1 is 1.47 bits per heavy atom. The number of aromatic nitrogens is 3. The third-order valence-electron chi connectivity index (χ3n) is 2.83. The molecule has 4 nitrogen and oxygen atoms in total. The van der Waals surface area contributed by atoms with E-state index < -0.39 is 0 Å². The fourth-order valence-electron chi connectivity index (χ4n) is 2.09. The van der Waals surface area contributed by atoms with Gasteiger partial charge in [-0.05, 0) is 35.3 Å². The van der Waals surface area contributed by atoms with Crippen LogP contribution in [0.1, 0.15) is 24.6 Å². The van der Waals surface area contributed by atoms with Crippen molar-refractivity contribution in [2.75, 3.05) is 6.54 Å². The van der Waals surface area contributed by atoms with Crippen LogP contribution < -0.4 is 5.32 Å². The predicted molar refractivity (Wildman–Crippen MR) is 60.7 cm³/mol. The molecule has 78 valence electrons. The van der Waals surface area contributed by atoms with Crippen molar-refractivity contribution in [1.82, 2.24) is 19.7 Å². The Kier molecular flexibility index (Phi) is 2.21. The average Bonchev–Trinajstić information content (AvgIpc) is 2.85. The molecular formula is C10H11BrN4. The first kappa shape index (κ1) is 9.30. The number of nitrogens with one attached hydrogen (secondary N) is 1. The average molecular weight is 267 g/mol. The maximum Gasteiger partial charge on any atom is 0.154 e. The minimum absolute atomic E-state index is 0.427. The van der Waals surface area contributed by atoms with Crippen LogP contribution in [0, 0.1) is 0 Å². The van der Waals surface area contributed by atoms with Gasteiger partial charge >= 0.3 is 0 Å². The molecule has 3 heterocycles. The number of imidazole rings is 1. The molecule has 0 aromatic carbocycles. The highest BCUT2D eigenvalue weighted by atomic mass is 79.9. The monoisotopic (exact) mass is 266 g/mol. The van der Waals surface area contributed by atoms with Crippen molar-refractivity contribution in [3.63, 3.8) is 0 Å². The molecule has 0 radical (unpaired) electrons. The first-order chi connectivity index (χ1) is 7.36. The molecule has 0 amide bonds. The van der Waals surface area contributed by atoms with Crippen LogP contribution in [0.4, 0.5) is 0 Å². The second kappa shape index (κ2) is 3.57.